The van der Waals surface area contributed by atoms with Crippen LogP contribution in [0.1, 0.15) is 34.2 Å². The lowest BCUT2D eigenvalue weighted by molar-refractivity contribution is 0.0976. The third-order valence-corrected chi connectivity index (χ3v) is 5.35. The van der Waals surface area contributed by atoms with E-state index in [1.165, 1.54) is 18.2 Å². The van der Waals surface area contributed by atoms with E-state index in [4.69, 9.17) is 9.47 Å². The Bertz CT molecular complexity index is 1200. The van der Waals surface area contributed by atoms with Crippen molar-refractivity contribution in [2.24, 2.45) is 4.99 Å². The fourth-order valence-corrected chi connectivity index (χ4v) is 3.61. The van der Waals surface area contributed by atoms with Crippen LogP contribution in [0, 0.1) is 19.7 Å². The third kappa shape index (κ3) is 5.14. The summed E-state index contributed by atoms with van der Waals surface area (Å²) in [6, 6.07) is 10.9. The molecule has 172 valence electrons. The van der Waals surface area contributed by atoms with Crippen molar-refractivity contribution in [2.45, 2.75) is 33.9 Å². The van der Waals surface area contributed by atoms with Crippen molar-refractivity contribution in [1.82, 2.24) is 15.1 Å². The van der Waals surface area contributed by atoms with Gasteiger partial charge >= 0.3 is 0 Å². The minimum absolute atomic E-state index is 0.192. The zero-order valence-corrected chi connectivity index (χ0v) is 18.8. The largest absolute Gasteiger partial charge is 0.486 e. The number of nitrogens with zero attached hydrogens (tertiary/aromatic N) is 3. The number of guanidine groups is 1. The molecular formula is C24H26FN5O3. The maximum atomic E-state index is 13.6. The molecule has 2 heterocycles. The number of ether oxygens (including phenoxy) is 2. The number of benzene rings is 2. The van der Waals surface area contributed by atoms with E-state index in [-0.39, 0.29) is 11.5 Å². The summed E-state index contributed by atoms with van der Waals surface area (Å²) in [4.78, 5) is 17.4. The standard InChI is InChI=1S/C24H26FN5O3/c1-4-30-16(3)20(15(2)29-30)14-26-24(28-23(31)17-6-5-7-18(25)12-17)27-19-8-9-21-22(13-19)33-11-10-32-21/h5-9,12-13H,4,10-11,14H2,1-3H3,(H2,26,27,28,31). The highest BCUT2D eigenvalue weighted by atomic mass is 19.1. The van der Waals surface area contributed by atoms with Gasteiger partial charge in [0, 0.05) is 35.1 Å². The van der Waals surface area contributed by atoms with Gasteiger partial charge in [0.05, 0.1) is 12.2 Å². The van der Waals surface area contributed by atoms with Crippen LogP contribution in [0.2, 0.25) is 0 Å². The highest BCUT2D eigenvalue weighted by Gasteiger charge is 2.15. The number of rotatable bonds is 5. The summed E-state index contributed by atoms with van der Waals surface area (Å²) in [5.74, 6) is 0.532. The van der Waals surface area contributed by atoms with Gasteiger partial charge in [-0.3, -0.25) is 14.8 Å². The number of halogens is 1. The highest BCUT2D eigenvalue weighted by molar-refractivity contribution is 6.10. The SMILES string of the molecule is CCn1nc(C)c(CN=C(NC(=O)c2cccc(F)c2)Nc2ccc3c(c2)OCCO3)c1C. The molecule has 1 amide bonds. The molecule has 0 bridgehead atoms. The van der Waals surface area contributed by atoms with Crippen LogP contribution in [0.5, 0.6) is 11.5 Å². The van der Waals surface area contributed by atoms with Gasteiger partial charge in [-0.15, -0.1) is 0 Å². The van der Waals surface area contributed by atoms with E-state index in [1.54, 1.807) is 18.2 Å². The van der Waals surface area contributed by atoms with Gasteiger partial charge in [0.15, 0.2) is 11.5 Å². The topological polar surface area (TPSA) is 89.8 Å². The molecule has 1 aromatic heterocycles. The molecule has 1 aliphatic heterocycles. The Morgan fingerprint density at radius 3 is 2.67 bits per heavy atom. The predicted octanol–water partition coefficient (Wildman–Crippen LogP) is 3.83. The Labute approximate surface area is 191 Å². The van der Waals surface area contributed by atoms with Crippen LogP contribution in [0.4, 0.5) is 10.1 Å². The summed E-state index contributed by atoms with van der Waals surface area (Å²) in [7, 11) is 0. The van der Waals surface area contributed by atoms with Crippen molar-refractivity contribution < 1.29 is 18.7 Å². The van der Waals surface area contributed by atoms with E-state index in [0.717, 1.165) is 23.5 Å². The smallest absolute Gasteiger partial charge is 0.258 e. The van der Waals surface area contributed by atoms with Crippen molar-refractivity contribution in [3.05, 3.63) is 70.8 Å². The van der Waals surface area contributed by atoms with E-state index < -0.39 is 11.7 Å². The molecule has 3 aromatic rings. The molecule has 33 heavy (non-hydrogen) atoms. The van der Waals surface area contributed by atoms with Crippen LogP contribution in [-0.4, -0.2) is 34.9 Å². The zero-order chi connectivity index (χ0) is 23.4. The molecule has 0 radical (unpaired) electrons. The van der Waals surface area contributed by atoms with Gasteiger partial charge in [0.1, 0.15) is 19.0 Å². The van der Waals surface area contributed by atoms with Crippen LogP contribution < -0.4 is 20.1 Å². The number of hydrogen-bond acceptors (Lipinski definition) is 5. The van der Waals surface area contributed by atoms with Crippen molar-refractivity contribution in [1.29, 1.82) is 0 Å². The monoisotopic (exact) mass is 451 g/mol. The number of carbonyl (C=O) groups excluding carboxylic acids is 1. The lowest BCUT2D eigenvalue weighted by Crippen LogP contribution is -2.36. The van der Waals surface area contributed by atoms with Gasteiger partial charge in [-0.25, -0.2) is 9.38 Å². The van der Waals surface area contributed by atoms with Crippen molar-refractivity contribution in [3.8, 4) is 11.5 Å². The Balaban J connectivity index is 1.60. The number of aryl methyl sites for hydroxylation is 2. The summed E-state index contributed by atoms with van der Waals surface area (Å²) in [6.07, 6.45) is 0. The minimum atomic E-state index is -0.487. The van der Waals surface area contributed by atoms with Crippen molar-refractivity contribution >= 4 is 17.6 Å². The van der Waals surface area contributed by atoms with E-state index in [1.807, 2.05) is 31.5 Å². The minimum Gasteiger partial charge on any atom is -0.486 e. The van der Waals surface area contributed by atoms with Gasteiger partial charge in [0.25, 0.3) is 5.91 Å². The molecule has 0 spiro atoms. The second-order valence-electron chi connectivity index (χ2n) is 7.58. The van der Waals surface area contributed by atoms with Crippen molar-refractivity contribution in [2.75, 3.05) is 18.5 Å². The maximum Gasteiger partial charge on any atom is 0.258 e. The van der Waals surface area contributed by atoms with E-state index in [2.05, 4.69) is 20.7 Å². The third-order valence-electron chi connectivity index (χ3n) is 5.35. The Morgan fingerprint density at radius 2 is 1.94 bits per heavy atom. The summed E-state index contributed by atoms with van der Waals surface area (Å²) < 4.78 is 26.7. The molecule has 0 saturated heterocycles. The number of aromatic nitrogens is 2. The van der Waals surface area contributed by atoms with Gasteiger partial charge < -0.3 is 14.8 Å². The van der Waals surface area contributed by atoms with Gasteiger partial charge in [0.2, 0.25) is 5.96 Å². The molecular weight excluding hydrogens is 425 g/mol. The molecule has 4 rings (SSSR count). The van der Waals surface area contributed by atoms with E-state index in [0.29, 0.717) is 36.9 Å². The average Bonchev–Trinajstić information content (AvgIpc) is 3.09. The summed E-state index contributed by atoms with van der Waals surface area (Å²) in [5.41, 5.74) is 3.74. The van der Waals surface area contributed by atoms with Gasteiger partial charge in [-0.05, 0) is 51.1 Å². The van der Waals surface area contributed by atoms with Crippen LogP contribution in [-0.2, 0) is 13.1 Å². The summed E-state index contributed by atoms with van der Waals surface area (Å²) in [6.45, 7) is 7.99. The highest BCUT2D eigenvalue weighted by Crippen LogP contribution is 2.32. The first-order valence-electron chi connectivity index (χ1n) is 10.8. The lowest BCUT2D eigenvalue weighted by Gasteiger charge is -2.19. The van der Waals surface area contributed by atoms with Gasteiger partial charge in [-0.1, -0.05) is 6.07 Å². The number of aliphatic imine (C=N–C) groups is 1. The molecule has 0 aliphatic carbocycles. The number of amides is 1. The molecule has 2 aromatic carbocycles. The van der Waals surface area contributed by atoms with Crippen LogP contribution >= 0.6 is 0 Å². The quantitative estimate of drug-likeness (QED) is 0.455. The second-order valence-corrected chi connectivity index (χ2v) is 7.58. The number of nitrogens with one attached hydrogen (secondary N) is 2. The number of fused-ring (bicyclic) bond motifs is 1. The van der Waals surface area contributed by atoms with Crippen LogP contribution in [0.25, 0.3) is 0 Å². The van der Waals surface area contributed by atoms with Crippen molar-refractivity contribution in [3.63, 3.8) is 0 Å². The molecule has 0 unspecified atom stereocenters. The average molecular weight is 452 g/mol. The zero-order valence-electron chi connectivity index (χ0n) is 18.8. The number of carbonyl (C=O) groups is 1. The Hall–Kier alpha value is -3.88. The molecule has 9 heteroatoms. The lowest BCUT2D eigenvalue weighted by atomic mass is 10.2. The predicted molar refractivity (Wildman–Crippen MR) is 123 cm³/mol. The fourth-order valence-electron chi connectivity index (χ4n) is 3.61. The Kier molecular flexibility index (Phi) is 6.58. The second kappa shape index (κ2) is 9.72. The molecule has 2 N–H and O–H groups in total. The molecule has 0 atom stereocenters. The molecule has 8 nitrogen and oxygen atoms in total. The molecule has 0 saturated carbocycles. The summed E-state index contributed by atoms with van der Waals surface area (Å²) >= 11 is 0. The first-order valence-corrected chi connectivity index (χ1v) is 10.8. The molecule has 0 fully saturated rings. The fraction of sp³-hybridized carbons (Fsp3) is 0.292. The summed E-state index contributed by atoms with van der Waals surface area (Å²) in [5, 5.41) is 10.4. The first kappa shape index (κ1) is 22.3. The van der Waals surface area contributed by atoms with E-state index in [9.17, 15) is 9.18 Å². The van der Waals surface area contributed by atoms with Gasteiger partial charge in [-0.2, -0.15) is 5.10 Å². The maximum absolute atomic E-state index is 13.6. The molecule has 1 aliphatic rings. The van der Waals surface area contributed by atoms with E-state index >= 15 is 0 Å². The first-order chi connectivity index (χ1) is 15.9. The number of hydrogen-bond donors (Lipinski definition) is 2. The normalized spacial score (nSPS) is 13.0. The number of anilines is 1. The van der Waals surface area contributed by atoms with Crippen LogP contribution in [0.15, 0.2) is 47.5 Å². The van der Waals surface area contributed by atoms with Crippen LogP contribution in [0.3, 0.4) is 0 Å². The Morgan fingerprint density at radius 1 is 1.15 bits per heavy atom.